The second kappa shape index (κ2) is 30.6. The van der Waals surface area contributed by atoms with E-state index in [4.69, 9.17) is 53.7 Å². The van der Waals surface area contributed by atoms with E-state index in [1.165, 1.54) is 87.4 Å². The maximum atomic E-state index is 6.18. The summed E-state index contributed by atoms with van der Waals surface area (Å²) in [6.07, 6.45) is 0. The minimum absolute atomic E-state index is 0.612. The molecule has 0 fully saturated rings. The summed E-state index contributed by atoms with van der Waals surface area (Å²) in [5.41, 5.74) is 14.1. The van der Waals surface area contributed by atoms with E-state index in [9.17, 15) is 0 Å². The molecule has 18 aromatic carbocycles. The highest BCUT2D eigenvalue weighted by molar-refractivity contribution is 7.27. The number of nitrogens with zero attached hydrogens (tertiary/aromatic N) is 9. The molecule has 0 unspecified atom stereocenters. The van der Waals surface area contributed by atoms with E-state index in [2.05, 4.69) is 243 Å². The molecule has 26 rings (SSSR count). The van der Waals surface area contributed by atoms with Gasteiger partial charge in [-0.15, -0.1) is 34.0 Å². The number of furan rings is 2. The SMILES string of the molecule is c1ccc(-c2cccc(-c3nc(-c4ccccc4)nc(-c4ccc5c(ccc6c7ccccc7sc56)c4)n3)c2)cc1.c1ccc(-c2nc(-c3ccc4c(ccc5c6ccccc6sc45)c3)nc(-c3ccc4c(c3)oc3ccccc34)n2)cc1.c1ccc(-c2nc(-c3ccc4c(ccc5c6ccccc6sc45)c3)nc(-c3cccc4oc5ccccc5c34)n2)cc1. The van der Waals surface area contributed by atoms with Crippen molar-refractivity contribution in [1.29, 1.82) is 0 Å². The first kappa shape index (κ1) is 73.0. The van der Waals surface area contributed by atoms with Crippen LogP contribution in [0.1, 0.15) is 0 Å². The lowest BCUT2D eigenvalue weighted by Crippen LogP contribution is -2.00. The molecule has 0 N–H and O–H groups in total. The zero-order chi connectivity index (χ0) is 82.4. The van der Waals surface area contributed by atoms with Crippen molar-refractivity contribution in [2.24, 2.45) is 0 Å². The summed E-state index contributed by atoms with van der Waals surface area (Å²) in [6, 6.07) is 136. The van der Waals surface area contributed by atoms with Crippen LogP contribution in [-0.4, -0.2) is 44.9 Å². The summed E-state index contributed by atoms with van der Waals surface area (Å²) in [6.45, 7) is 0. The Bertz CT molecular complexity index is 8770. The molecule has 0 aliphatic carbocycles. The average molecular weight is 1650 g/mol. The van der Waals surface area contributed by atoms with E-state index in [0.717, 1.165) is 110 Å². The topological polar surface area (TPSA) is 142 Å². The average Bonchev–Trinajstić information content (AvgIpc) is 1.66. The first-order valence-corrected chi connectivity index (χ1v) is 43.8. The van der Waals surface area contributed by atoms with Gasteiger partial charge in [0, 0.05) is 132 Å². The lowest BCUT2D eigenvalue weighted by atomic mass is 10.0. The molecule has 0 amide bonds. The van der Waals surface area contributed by atoms with Gasteiger partial charge in [-0.1, -0.05) is 322 Å². The van der Waals surface area contributed by atoms with Gasteiger partial charge in [-0.25, -0.2) is 44.9 Å². The van der Waals surface area contributed by atoms with E-state index in [1.807, 2.05) is 186 Å². The van der Waals surface area contributed by atoms with Crippen LogP contribution in [0.4, 0.5) is 0 Å². The monoisotopic (exact) mass is 1650 g/mol. The molecule has 0 aliphatic rings. The molecule has 26 aromatic rings. The third-order valence-corrected chi connectivity index (χ3v) is 27.0. The number of hydrogen-bond donors (Lipinski definition) is 0. The van der Waals surface area contributed by atoms with Crippen molar-refractivity contribution in [3.63, 3.8) is 0 Å². The van der Waals surface area contributed by atoms with Gasteiger partial charge in [-0.2, -0.15) is 0 Å². The molecule has 125 heavy (non-hydrogen) atoms. The van der Waals surface area contributed by atoms with Crippen molar-refractivity contribution in [2.45, 2.75) is 0 Å². The minimum Gasteiger partial charge on any atom is -0.456 e. The minimum atomic E-state index is 0.612. The molecule has 8 heterocycles. The van der Waals surface area contributed by atoms with Crippen molar-refractivity contribution in [3.8, 4) is 114 Å². The van der Waals surface area contributed by atoms with Gasteiger partial charge in [0.15, 0.2) is 52.4 Å². The fraction of sp³-hybridized carbons (Fsp3) is 0. The smallest absolute Gasteiger partial charge is 0.164 e. The van der Waals surface area contributed by atoms with Gasteiger partial charge in [0.1, 0.15) is 22.3 Å². The standard InChI is InChI=1S/2C37H21N3OS.C37H23N3S/c1-2-9-22(10-3-1)35-38-36(40-37(39-35)29-13-8-15-31-33(29)28-12-4-6-14-30(28)41-31)24-18-19-25-23(21-24)17-20-27-26-11-5-7-16-32(26)42-34(25)27;1-2-8-22(9-3-1)35-38-36(40-37(39-35)25-16-18-28-27-10-4-6-12-31(27)41-32(28)21-25)24-15-17-26-23(20-24)14-19-30-29-11-5-7-13-33(29)42-34(26)30;1-3-10-24(11-4-1)26-14-9-15-28(22-26)36-38-35(25-12-5-2-6-13-25)39-37(40-36)29-19-20-30-27(23-29)18-21-32-31-16-7-8-17-33(31)41-34(30)32/h2*1-21H;1-23H. The van der Waals surface area contributed by atoms with Crippen LogP contribution in [0.15, 0.2) is 403 Å². The summed E-state index contributed by atoms with van der Waals surface area (Å²) in [7, 11) is 0. The highest BCUT2D eigenvalue weighted by Crippen LogP contribution is 2.45. The van der Waals surface area contributed by atoms with Gasteiger partial charge in [0.25, 0.3) is 0 Å². The van der Waals surface area contributed by atoms with Crippen LogP contribution in [0.5, 0.6) is 0 Å². The second-order valence-electron chi connectivity index (χ2n) is 31.0. The number of hydrogen-bond acceptors (Lipinski definition) is 14. The molecule has 0 bridgehead atoms. The zero-order valence-corrected chi connectivity index (χ0v) is 69.0. The number of rotatable bonds is 10. The molecule has 0 saturated heterocycles. The molecule has 0 aliphatic heterocycles. The molecule has 0 radical (unpaired) electrons. The van der Waals surface area contributed by atoms with E-state index in [0.29, 0.717) is 52.4 Å². The molecule has 0 saturated carbocycles. The molecular weight excluding hydrogens is 1590 g/mol. The summed E-state index contributed by atoms with van der Waals surface area (Å²) in [4.78, 5) is 44.9. The first-order valence-electron chi connectivity index (χ1n) is 41.3. The van der Waals surface area contributed by atoms with Crippen molar-refractivity contribution >= 4 is 171 Å². The molecule has 14 heteroatoms. The van der Waals surface area contributed by atoms with Crippen molar-refractivity contribution in [3.05, 3.63) is 394 Å². The first-order chi connectivity index (χ1) is 61.9. The third-order valence-electron chi connectivity index (χ3n) is 23.4. The Kier molecular flexibility index (Phi) is 17.9. The third kappa shape index (κ3) is 13.3. The van der Waals surface area contributed by atoms with E-state index in [-0.39, 0.29) is 0 Å². The van der Waals surface area contributed by atoms with Crippen LogP contribution in [0.3, 0.4) is 0 Å². The number of para-hydroxylation sites is 2. The van der Waals surface area contributed by atoms with Crippen LogP contribution >= 0.6 is 34.0 Å². The van der Waals surface area contributed by atoms with Gasteiger partial charge >= 0.3 is 0 Å². The fourth-order valence-corrected chi connectivity index (χ4v) is 21.0. The fourth-order valence-electron chi connectivity index (χ4n) is 17.3. The molecule has 8 aromatic heterocycles. The Morgan fingerprint density at radius 1 is 0.160 bits per heavy atom. The Morgan fingerprint density at radius 2 is 0.448 bits per heavy atom. The number of thiophene rings is 3. The van der Waals surface area contributed by atoms with Gasteiger partial charge in [0.2, 0.25) is 0 Å². The molecule has 0 atom stereocenters. The van der Waals surface area contributed by atoms with Crippen LogP contribution in [-0.2, 0) is 0 Å². The number of aromatic nitrogens is 9. The lowest BCUT2D eigenvalue weighted by Gasteiger charge is -2.10. The van der Waals surface area contributed by atoms with Crippen LogP contribution < -0.4 is 0 Å². The largest absolute Gasteiger partial charge is 0.456 e. The van der Waals surface area contributed by atoms with E-state index < -0.39 is 0 Å². The Labute approximate surface area is 726 Å². The van der Waals surface area contributed by atoms with E-state index in [1.54, 1.807) is 0 Å². The Balaban J connectivity index is 0.000000105. The summed E-state index contributed by atoms with van der Waals surface area (Å²) < 4.78 is 20.2. The molecular formula is C111H65N9O2S3. The Hall–Kier alpha value is -16.0. The summed E-state index contributed by atoms with van der Waals surface area (Å²) in [5.74, 6) is 5.78. The van der Waals surface area contributed by atoms with Gasteiger partial charge in [-0.3, -0.25) is 0 Å². The molecule has 584 valence electrons. The second-order valence-corrected chi connectivity index (χ2v) is 34.1. The van der Waals surface area contributed by atoms with Crippen LogP contribution in [0, 0.1) is 0 Å². The molecule has 11 nitrogen and oxygen atoms in total. The maximum Gasteiger partial charge on any atom is 0.164 e. The quantitative estimate of drug-likeness (QED) is 0.129. The van der Waals surface area contributed by atoms with Gasteiger partial charge in [0.05, 0.1) is 0 Å². The van der Waals surface area contributed by atoms with Gasteiger partial charge in [-0.05, 0) is 116 Å². The predicted molar refractivity (Wildman–Crippen MR) is 520 cm³/mol. The highest BCUT2D eigenvalue weighted by Gasteiger charge is 2.23. The normalized spacial score (nSPS) is 11.7. The van der Waals surface area contributed by atoms with Crippen molar-refractivity contribution < 1.29 is 8.83 Å². The van der Waals surface area contributed by atoms with Gasteiger partial charge < -0.3 is 8.83 Å². The molecule has 0 spiro atoms. The van der Waals surface area contributed by atoms with Crippen molar-refractivity contribution in [2.75, 3.05) is 0 Å². The zero-order valence-electron chi connectivity index (χ0n) is 66.6. The van der Waals surface area contributed by atoms with Crippen LogP contribution in [0.2, 0.25) is 0 Å². The summed E-state index contributed by atoms with van der Waals surface area (Å²) in [5, 5.41) is 19.3. The number of fused-ring (bicyclic) bond motifs is 21. The lowest BCUT2D eigenvalue weighted by molar-refractivity contribution is 0.668. The predicted octanol–water partition coefficient (Wildman–Crippen LogP) is 30.6. The van der Waals surface area contributed by atoms with E-state index >= 15 is 0 Å². The summed E-state index contributed by atoms with van der Waals surface area (Å²) >= 11 is 5.54. The Morgan fingerprint density at radius 3 is 0.888 bits per heavy atom. The van der Waals surface area contributed by atoms with Crippen molar-refractivity contribution in [1.82, 2.24) is 44.9 Å². The maximum absolute atomic E-state index is 6.18. The van der Waals surface area contributed by atoms with Crippen LogP contribution in [0.25, 0.3) is 250 Å². The number of benzene rings is 18. The highest BCUT2D eigenvalue weighted by atomic mass is 32.1.